The second-order valence-corrected chi connectivity index (χ2v) is 6.24. The molecule has 1 aliphatic rings. The van der Waals surface area contributed by atoms with E-state index in [2.05, 4.69) is 45.6 Å². The molecule has 4 rings (SSSR count). The first-order valence-electron chi connectivity index (χ1n) is 8.13. The zero-order valence-corrected chi connectivity index (χ0v) is 13.3. The molecule has 3 heterocycles. The number of hydrogen-bond acceptors (Lipinski definition) is 4. The number of benzene rings is 1. The molecular weight excluding hydrogens is 286 g/mol. The van der Waals surface area contributed by atoms with Crippen molar-refractivity contribution in [2.24, 2.45) is 0 Å². The van der Waals surface area contributed by atoms with E-state index in [0.717, 1.165) is 43.0 Å². The van der Waals surface area contributed by atoms with Crippen LogP contribution in [0.2, 0.25) is 0 Å². The molecule has 0 amide bonds. The van der Waals surface area contributed by atoms with Crippen LogP contribution >= 0.6 is 0 Å². The Morgan fingerprint density at radius 2 is 2.09 bits per heavy atom. The third-order valence-electron chi connectivity index (χ3n) is 4.35. The minimum atomic E-state index is 0.551. The fraction of sp³-hybridized carbons (Fsp3) is 0.333. The van der Waals surface area contributed by atoms with Gasteiger partial charge < -0.3 is 5.32 Å². The fourth-order valence-electron chi connectivity index (χ4n) is 3.23. The van der Waals surface area contributed by atoms with Gasteiger partial charge in [0.2, 0.25) is 0 Å². The number of hydrogen-bond donors (Lipinski definition) is 1. The highest BCUT2D eigenvalue weighted by Crippen LogP contribution is 2.23. The Morgan fingerprint density at radius 1 is 1.22 bits per heavy atom. The number of nitrogens with zero attached hydrogens (tertiary/aromatic N) is 4. The Hall–Kier alpha value is -2.24. The fourth-order valence-corrected chi connectivity index (χ4v) is 3.23. The van der Waals surface area contributed by atoms with Crippen LogP contribution in [-0.2, 0) is 6.54 Å². The normalized spacial score (nSPS) is 19.3. The average molecular weight is 307 g/mol. The molecule has 1 aromatic carbocycles. The molecule has 0 unspecified atom stereocenters. The second kappa shape index (κ2) is 6.10. The third kappa shape index (κ3) is 2.98. The lowest BCUT2D eigenvalue weighted by Gasteiger charge is -2.31. The molecule has 3 aromatic rings. The molecular formula is C18H21N5. The molecule has 0 spiro atoms. The van der Waals surface area contributed by atoms with Crippen molar-refractivity contribution in [2.75, 3.05) is 19.6 Å². The lowest BCUT2D eigenvalue weighted by atomic mass is 10.1. The Morgan fingerprint density at radius 3 is 2.91 bits per heavy atom. The second-order valence-electron chi connectivity index (χ2n) is 6.24. The molecule has 118 valence electrons. The highest BCUT2D eigenvalue weighted by molar-refractivity contribution is 5.76. The van der Waals surface area contributed by atoms with E-state index in [1.165, 1.54) is 5.56 Å². The summed E-state index contributed by atoms with van der Waals surface area (Å²) in [7, 11) is 0. The third-order valence-corrected chi connectivity index (χ3v) is 4.35. The van der Waals surface area contributed by atoms with Crippen LogP contribution in [0.4, 0.5) is 0 Å². The zero-order chi connectivity index (χ0) is 15.6. The van der Waals surface area contributed by atoms with Gasteiger partial charge >= 0.3 is 0 Å². The van der Waals surface area contributed by atoms with E-state index in [1.54, 1.807) is 0 Å². The summed E-state index contributed by atoms with van der Waals surface area (Å²) in [5.41, 5.74) is 4.34. The molecule has 0 saturated carbocycles. The maximum absolute atomic E-state index is 4.66. The van der Waals surface area contributed by atoms with Gasteiger partial charge in [0.1, 0.15) is 0 Å². The Balaban J connectivity index is 1.60. The largest absolute Gasteiger partial charge is 0.312 e. The molecule has 5 nitrogen and oxygen atoms in total. The zero-order valence-electron chi connectivity index (χ0n) is 13.3. The van der Waals surface area contributed by atoms with Gasteiger partial charge in [0.05, 0.1) is 6.20 Å². The number of fused-ring (bicyclic) bond motifs is 1. The molecule has 23 heavy (non-hydrogen) atoms. The van der Waals surface area contributed by atoms with Gasteiger partial charge in [0.15, 0.2) is 5.65 Å². The number of aromatic nitrogens is 3. The molecule has 1 aliphatic heterocycles. The predicted octanol–water partition coefficient (Wildman–Crippen LogP) is 2.19. The highest BCUT2D eigenvalue weighted by Gasteiger charge is 2.16. The summed E-state index contributed by atoms with van der Waals surface area (Å²) in [5.74, 6) is 0. The van der Waals surface area contributed by atoms with E-state index >= 15 is 0 Å². The molecule has 0 aliphatic carbocycles. The van der Waals surface area contributed by atoms with Crippen LogP contribution in [0, 0.1) is 0 Å². The van der Waals surface area contributed by atoms with Crippen LogP contribution in [0.3, 0.4) is 0 Å². The van der Waals surface area contributed by atoms with Crippen molar-refractivity contribution < 1.29 is 0 Å². The molecule has 1 N–H and O–H groups in total. The van der Waals surface area contributed by atoms with Crippen molar-refractivity contribution in [1.29, 1.82) is 0 Å². The Labute approximate surface area is 136 Å². The lowest BCUT2D eigenvalue weighted by molar-refractivity contribution is 0.199. The molecule has 0 radical (unpaired) electrons. The summed E-state index contributed by atoms with van der Waals surface area (Å²) in [6.45, 7) is 6.36. The standard InChI is InChI=1S/C18H21N5/c1-14-11-22(8-7-19-14)12-15-9-20-18-17(10-21-23(18)13-15)16-5-3-2-4-6-16/h2-6,9-10,13-14,19H,7-8,11-12H2,1H3/t14-/m0/s1. The summed E-state index contributed by atoms with van der Waals surface area (Å²) in [4.78, 5) is 7.12. The Bertz CT molecular complexity index is 796. The van der Waals surface area contributed by atoms with Crippen LogP contribution in [0.5, 0.6) is 0 Å². The van der Waals surface area contributed by atoms with Crippen molar-refractivity contribution >= 4 is 5.65 Å². The van der Waals surface area contributed by atoms with E-state index < -0.39 is 0 Å². The van der Waals surface area contributed by atoms with Crippen molar-refractivity contribution in [1.82, 2.24) is 24.8 Å². The summed E-state index contributed by atoms with van der Waals surface area (Å²) in [6.07, 6.45) is 5.98. The molecule has 5 heteroatoms. The van der Waals surface area contributed by atoms with Gasteiger partial charge in [-0.3, -0.25) is 4.90 Å². The van der Waals surface area contributed by atoms with Crippen molar-refractivity contribution in [3.63, 3.8) is 0 Å². The SMILES string of the molecule is C[C@H]1CN(Cc2cnc3c(-c4ccccc4)cnn3c2)CCN1. The lowest BCUT2D eigenvalue weighted by Crippen LogP contribution is -2.48. The molecule has 2 aromatic heterocycles. The molecule has 1 fully saturated rings. The molecule has 0 bridgehead atoms. The highest BCUT2D eigenvalue weighted by atomic mass is 15.2. The first kappa shape index (κ1) is 14.4. The van der Waals surface area contributed by atoms with Crippen LogP contribution < -0.4 is 5.32 Å². The maximum Gasteiger partial charge on any atom is 0.162 e. The van der Waals surface area contributed by atoms with Gasteiger partial charge in [0, 0.05) is 55.7 Å². The van der Waals surface area contributed by atoms with Gasteiger partial charge in [-0.25, -0.2) is 9.50 Å². The van der Waals surface area contributed by atoms with E-state index in [-0.39, 0.29) is 0 Å². The first-order chi connectivity index (χ1) is 11.3. The number of nitrogens with one attached hydrogen (secondary N) is 1. The quantitative estimate of drug-likeness (QED) is 0.806. The number of piperazine rings is 1. The Kier molecular flexibility index (Phi) is 3.81. The summed E-state index contributed by atoms with van der Waals surface area (Å²) in [5, 5.41) is 7.96. The topological polar surface area (TPSA) is 45.5 Å². The van der Waals surface area contributed by atoms with Gasteiger partial charge in [0.25, 0.3) is 0 Å². The van der Waals surface area contributed by atoms with Crippen LogP contribution in [0.1, 0.15) is 12.5 Å². The number of rotatable bonds is 3. The average Bonchev–Trinajstić information content (AvgIpc) is 2.99. The maximum atomic E-state index is 4.66. The van der Waals surface area contributed by atoms with Crippen molar-refractivity contribution in [3.05, 3.63) is 54.5 Å². The van der Waals surface area contributed by atoms with E-state index in [1.807, 2.05) is 35.1 Å². The smallest absolute Gasteiger partial charge is 0.162 e. The summed E-state index contributed by atoms with van der Waals surface area (Å²) < 4.78 is 1.89. The molecule has 1 saturated heterocycles. The van der Waals surface area contributed by atoms with Gasteiger partial charge in [-0.1, -0.05) is 30.3 Å². The van der Waals surface area contributed by atoms with Crippen molar-refractivity contribution in [3.8, 4) is 11.1 Å². The monoisotopic (exact) mass is 307 g/mol. The van der Waals surface area contributed by atoms with Crippen LogP contribution in [0.15, 0.2) is 48.9 Å². The summed E-state index contributed by atoms with van der Waals surface area (Å²) in [6, 6.07) is 10.8. The van der Waals surface area contributed by atoms with Crippen LogP contribution in [-0.4, -0.2) is 45.2 Å². The van der Waals surface area contributed by atoms with E-state index in [9.17, 15) is 0 Å². The van der Waals surface area contributed by atoms with Gasteiger partial charge in [-0.2, -0.15) is 5.10 Å². The predicted molar refractivity (Wildman–Crippen MR) is 91.2 cm³/mol. The molecule has 1 atom stereocenters. The van der Waals surface area contributed by atoms with Gasteiger partial charge in [-0.05, 0) is 12.5 Å². The van der Waals surface area contributed by atoms with Crippen molar-refractivity contribution in [2.45, 2.75) is 19.5 Å². The summed E-state index contributed by atoms with van der Waals surface area (Å²) >= 11 is 0. The van der Waals surface area contributed by atoms with Crippen LogP contribution in [0.25, 0.3) is 16.8 Å². The minimum absolute atomic E-state index is 0.551. The van der Waals surface area contributed by atoms with E-state index in [4.69, 9.17) is 0 Å². The van der Waals surface area contributed by atoms with E-state index in [0.29, 0.717) is 6.04 Å². The minimum Gasteiger partial charge on any atom is -0.312 e. The van der Waals surface area contributed by atoms with Gasteiger partial charge in [-0.15, -0.1) is 0 Å². The first-order valence-corrected chi connectivity index (χ1v) is 8.13.